The van der Waals surface area contributed by atoms with Crippen LogP contribution in [0.15, 0.2) is 91.1 Å². The van der Waals surface area contributed by atoms with Gasteiger partial charge in [-0.05, 0) is 67.6 Å². The summed E-state index contributed by atoms with van der Waals surface area (Å²) >= 11 is 0. The molecule has 0 aliphatic heterocycles. The van der Waals surface area contributed by atoms with Crippen molar-refractivity contribution in [3.8, 4) is 17.0 Å². The summed E-state index contributed by atoms with van der Waals surface area (Å²) in [4.78, 5) is 29.5. The molecule has 2 N–H and O–H groups in total. The molecule has 0 spiro atoms. The number of aryl methyl sites for hydroxylation is 2. The zero-order valence-corrected chi connectivity index (χ0v) is 22.1. The molecule has 5 rings (SSSR count). The van der Waals surface area contributed by atoms with E-state index in [0.717, 1.165) is 46.3 Å². The Bertz CT molecular complexity index is 1450. The van der Waals surface area contributed by atoms with E-state index in [-0.39, 0.29) is 25.2 Å². The van der Waals surface area contributed by atoms with Crippen molar-refractivity contribution in [2.24, 2.45) is 5.41 Å². The Morgan fingerprint density at radius 2 is 1.62 bits per heavy atom. The first-order valence-electron chi connectivity index (χ1n) is 13.0. The van der Waals surface area contributed by atoms with Crippen molar-refractivity contribution in [3.05, 3.63) is 108 Å². The van der Waals surface area contributed by atoms with Gasteiger partial charge < -0.3 is 20.1 Å². The van der Waals surface area contributed by atoms with Crippen LogP contribution in [0.4, 0.5) is 16.2 Å². The molecule has 3 aromatic carbocycles. The van der Waals surface area contributed by atoms with Crippen molar-refractivity contribution >= 4 is 23.4 Å². The minimum Gasteiger partial charge on any atom is -0.476 e. The molecule has 4 aromatic rings. The van der Waals surface area contributed by atoms with Crippen LogP contribution in [0.5, 0.6) is 5.88 Å². The lowest BCUT2D eigenvalue weighted by atomic mass is 10.1. The molecule has 1 fully saturated rings. The Hall–Kier alpha value is -4.65. The minimum absolute atomic E-state index is 0.223. The summed E-state index contributed by atoms with van der Waals surface area (Å²) < 4.78 is 11.4. The average molecular weight is 522 g/mol. The van der Waals surface area contributed by atoms with Crippen LogP contribution < -0.4 is 15.4 Å². The van der Waals surface area contributed by atoms with E-state index in [9.17, 15) is 9.59 Å². The first-order valence-corrected chi connectivity index (χ1v) is 13.0. The third kappa shape index (κ3) is 6.62. The predicted octanol–water partition coefficient (Wildman–Crippen LogP) is 6.91. The van der Waals surface area contributed by atoms with Gasteiger partial charge in [0.25, 0.3) is 0 Å². The summed E-state index contributed by atoms with van der Waals surface area (Å²) in [6.07, 6.45) is 3.24. The predicted molar refractivity (Wildman–Crippen MR) is 152 cm³/mol. The van der Waals surface area contributed by atoms with Gasteiger partial charge >= 0.3 is 12.0 Å². The van der Waals surface area contributed by atoms with Gasteiger partial charge in [-0.2, -0.15) is 0 Å². The molecular formula is C32H31N3O4. The van der Waals surface area contributed by atoms with E-state index in [1.165, 1.54) is 0 Å². The van der Waals surface area contributed by atoms with E-state index in [0.29, 0.717) is 11.6 Å². The van der Waals surface area contributed by atoms with Gasteiger partial charge in [-0.15, -0.1) is 0 Å². The number of amides is 2. The molecule has 198 valence electrons. The zero-order chi connectivity index (χ0) is 27.2. The molecule has 0 radical (unpaired) electrons. The molecule has 7 heteroatoms. The second-order valence-electron chi connectivity index (χ2n) is 9.99. The average Bonchev–Trinajstić information content (AvgIpc) is 3.75. The van der Waals surface area contributed by atoms with E-state index in [4.69, 9.17) is 9.47 Å². The molecule has 1 aromatic heterocycles. The number of hydrogen-bond acceptors (Lipinski definition) is 5. The fourth-order valence-electron chi connectivity index (χ4n) is 4.27. The first-order chi connectivity index (χ1) is 18.9. The topological polar surface area (TPSA) is 89.6 Å². The monoisotopic (exact) mass is 521 g/mol. The number of carbonyl (C=O) groups is 2. The van der Waals surface area contributed by atoms with Crippen molar-refractivity contribution < 1.29 is 19.1 Å². The maximum atomic E-state index is 12.6. The SMILES string of the molecule is Cc1ccc(NC(=O)Nc2ccc(-c3ccc(OCC4(C(=O)OCc5ccccc5)CC4)nc3)cc2)c(C)c1. The van der Waals surface area contributed by atoms with Gasteiger partial charge in [-0.3, -0.25) is 4.79 Å². The molecule has 1 aliphatic carbocycles. The number of esters is 1. The lowest BCUT2D eigenvalue weighted by molar-refractivity contribution is -0.152. The van der Waals surface area contributed by atoms with E-state index in [2.05, 4.69) is 15.6 Å². The number of aromatic nitrogens is 1. The van der Waals surface area contributed by atoms with Crippen molar-refractivity contribution in [1.29, 1.82) is 0 Å². The summed E-state index contributed by atoms with van der Waals surface area (Å²) in [7, 11) is 0. The van der Waals surface area contributed by atoms with Gasteiger partial charge in [0.15, 0.2) is 0 Å². The third-order valence-corrected chi connectivity index (χ3v) is 6.84. The van der Waals surface area contributed by atoms with E-state index < -0.39 is 5.41 Å². The number of rotatable bonds is 9. The fourth-order valence-corrected chi connectivity index (χ4v) is 4.27. The number of benzene rings is 3. The number of ether oxygens (including phenoxy) is 2. The minimum atomic E-state index is -0.581. The summed E-state index contributed by atoms with van der Waals surface area (Å²) in [5.74, 6) is 0.238. The number of hydrogen-bond donors (Lipinski definition) is 2. The van der Waals surface area contributed by atoms with Crippen LogP contribution in [0.3, 0.4) is 0 Å². The van der Waals surface area contributed by atoms with E-state index in [1.54, 1.807) is 12.3 Å². The lowest BCUT2D eigenvalue weighted by Gasteiger charge is -2.15. The number of anilines is 2. The van der Waals surface area contributed by atoms with Gasteiger partial charge in [0.1, 0.15) is 18.6 Å². The highest BCUT2D eigenvalue weighted by Crippen LogP contribution is 2.47. The normalized spacial score (nSPS) is 13.3. The second-order valence-corrected chi connectivity index (χ2v) is 9.99. The van der Waals surface area contributed by atoms with Crippen molar-refractivity contribution in [2.45, 2.75) is 33.3 Å². The molecule has 2 amide bonds. The van der Waals surface area contributed by atoms with Crippen LogP contribution in [-0.4, -0.2) is 23.6 Å². The Balaban J connectivity index is 1.11. The number of carbonyl (C=O) groups excluding carboxylic acids is 2. The van der Waals surface area contributed by atoms with Gasteiger partial charge in [-0.25, -0.2) is 9.78 Å². The number of nitrogens with one attached hydrogen (secondary N) is 2. The molecule has 1 heterocycles. The van der Waals surface area contributed by atoms with Gasteiger partial charge in [0.05, 0.1) is 0 Å². The molecule has 0 unspecified atom stereocenters. The Morgan fingerprint density at radius 1 is 0.872 bits per heavy atom. The maximum Gasteiger partial charge on any atom is 0.323 e. The summed E-state index contributed by atoms with van der Waals surface area (Å²) in [6, 6.07) is 26.5. The van der Waals surface area contributed by atoms with Crippen molar-refractivity contribution in [2.75, 3.05) is 17.2 Å². The van der Waals surface area contributed by atoms with Gasteiger partial charge in [-0.1, -0.05) is 60.2 Å². The van der Waals surface area contributed by atoms with E-state index in [1.807, 2.05) is 92.7 Å². The lowest BCUT2D eigenvalue weighted by Crippen LogP contribution is -2.25. The third-order valence-electron chi connectivity index (χ3n) is 6.84. The first kappa shape index (κ1) is 26.0. The quantitative estimate of drug-likeness (QED) is 0.234. The van der Waals surface area contributed by atoms with Crippen LogP contribution >= 0.6 is 0 Å². The van der Waals surface area contributed by atoms with Crippen LogP contribution in [0.25, 0.3) is 11.1 Å². The molecule has 1 aliphatic rings. The fraction of sp³-hybridized carbons (Fsp3) is 0.219. The van der Waals surface area contributed by atoms with Gasteiger partial charge in [0, 0.05) is 29.2 Å². The number of pyridine rings is 1. The highest BCUT2D eigenvalue weighted by molar-refractivity contribution is 6.00. The molecule has 39 heavy (non-hydrogen) atoms. The molecule has 0 atom stereocenters. The second kappa shape index (κ2) is 11.4. The van der Waals surface area contributed by atoms with Crippen LogP contribution in [0, 0.1) is 19.3 Å². The molecule has 1 saturated carbocycles. The highest BCUT2D eigenvalue weighted by Gasteiger charge is 2.52. The molecule has 7 nitrogen and oxygen atoms in total. The van der Waals surface area contributed by atoms with Crippen molar-refractivity contribution in [1.82, 2.24) is 4.98 Å². The summed E-state index contributed by atoms with van der Waals surface area (Å²) in [5, 5.41) is 5.74. The number of urea groups is 1. The number of nitrogens with zero attached hydrogens (tertiary/aromatic N) is 1. The Morgan fingerprint density at radius 3 is 2.28 bits per heavy atom. The Labute approximate surface area is 228 Å². The molecule has 0 bridgehead atoms. The molecule has 0 saturated heterocycles. The smallest absolute Gasteiger partial charge is 0.323 e. The maximum absolute atomic E-state index is 12.6. The summed E-state index contributed by atoms with van der Waals surface area (Å²) in [5.41, 5.74) is 5.87. The van der Waals surface area contributed by atoms with E-state index >= 15 is 0 Å². The highest BCUT2D eigenvalue weighted by atomic mass is 16.5. The van der Waals surface area contributed by atoms with Gasteiger partial charge in [0.2, 0.25) is 5.88 Å². The van der Waals surface area contributed by atoms with Crippen LogP contribution in [-0.2, 0) is 16.1 Å². The largest absolute Gasteiger partial charge is 0.476 e. The Kier molecular flexibility index (Phi) is 7.59. The zero-order valence-electron chi connectivity index (χ0n) is 22.1. The standard InChI is InChI=1S/C32H31N3O4/c1-22-8-14-28(23(2)18-22)35-31(37)34-27-12-9-25(10-13-27)26-11-15-29(33-19-26)39-21-32(16-17-32)30(36)38-20-24-6-4-3-5-7-24/h3-15,18-19H,16-17,20-21H2,1-2H3,(H2,34,35,37). The van der Waals surface area contributed by atoms with Crippen LogP contribution in [0.1, 0.15) is 29.5 Å². The molecular weight excluding hydrogens is 490 g/mol. The van der Waals surface area contributed by atoms with Crippen LogP contribution in [0.2, 0.25) is 0 Å². The van der Waals surface area contributed by atoms with Crippen molar-refractivity contribution in [3.63, 3.8) is 0 Å². The summed E-state index contributed by atoms with van der Waals surface area (Å²) in [6.45, 7) is 4.49.